The van der Waals surface area contributed by atoms with E-state index in [-0.39, 0.29) is 102 Å². The van der Waals surface area contributed by atoms with Gasteiger partial charge in [0.2, 0.25) is 0 Å². The summed E-state index contributed by atoms with van der Waals surface area (Å²) in [6.45, 7) is 51.8. The average Bonchev–Trinajstić information content (AvgIpc) is 3.27. The molecule has 2 aliphatic rings. The summed E-state index contributed by atoms with van der Waals surface area (Å²) in [4.78, 5) is 0. The van der Waals surface area contributed by atoms with Gasteiger partial charge in [0.25, 0.3) is 0 Å². The van der Waals surface area contributed by atoms with Crippen molar-refractivity contribution in [1.82, 2.24) is 0 Å². The van der Waals surface area contributed by atoms with Gasteiger partial charge in [0.05, 0.1) is 0 Å². The summed E-state index contributed by atoms with van der Waals surface area (Å²) in [7, 11) is 0. The van der Waals surface area contributed by atoms with Gasteiger partial charge >= 0.3 is 0 Å². The fraction of sp³-hybridized carbons (Fsp3) is 0.560. The SMILES string of the molecule is C[C]1[C](C)[C](C)[C](C)[C]1C.C[C]1[C](C)[C](C)[C](C)[C]1C.Cc1cc(C(C)(C)C)c(O)c(C(C)(C)C)c1.Cc1cc(C(C)(C)C)c(O)c(C(C)(C)C)c1.[Sm].[Sm]. The van der Waals surface area contributed by atoms with Crippen LogP contribution >= 0.6 is 0 Å². The van der Waals surface area contributed by atoms with Crippen LogP contribution in [0.15, 0.2) is 24.3 Å². The van der Waals surface area contributed by atoms with E-state index < -0.39 is 0 Å². The van der Waals surface area contributed by atoms with Crippen molar-refractivity contribution in [2.24, 2.45) is 0 Å². The first-order valence-corrected chi connectivity index (χ1v) is 19.3. The van der Waals surface area contributed by atoms with E-state index in [1.807, 2.05) is 0 Å². The molecule has 2 saturated carbocycles. The molecule has 0 aromatic heterocycles. The predicted octanol–water partition coefficient (Wildman–Crippen LogP) is 14.5. The second-order valence-corrected chi connectivity index (χ2v) is 19.7. The molecule has 2 nitrogen and oxygen atoms in total. The molecule has 302 valence electrons. The molecule has 10 radical (unpaired) electrons. The fourth-order valence-corrected chi connectivity index (χ4v) is 6.66. The van der Waals surface area contributed by atoms with Gasteiger partial charge in [-0.15, -0.1) is 0 Å². The van der Waals surface area contributed by atoms with Crippen LogP contribution in [0, 0.1) is 154 Å². The molecule has 2 fully saturated rings. The van der Waals surface area contributed by atoms with Crippen molar-refractivity contribution in [2.45, 2.75) is 188 Å². The minimum absolute atomic E-state index is 0. The number of phenols is 2. The van der Waals surface area contributed by atoms with Gasteiger partial charge in [-0.05, 0) is 117 Å². The molecule has 0 amide bonds. The third-order valence-corrected chi connectivity index (χ3v) is 11.4. The first-order chi connectivity index (χ1) is 23.2. The Balaban J connectivity index is 0. The van der Waals surface area contributed by atoms with Crippen LogP contribution in [0.1, 0.15) is 186 Å². The van der Waals surface area contributed by atoms with E-state index in [2.05, 4.69) is 190 Å². The summed E-state index contributed by atoms with van der Waals surface area (Å²) in [5.41, 5.74) is 6.52. The summed E-state index contributed by atoms with van der Waals surface area (Å²) in [6.07, 6.45) is 0. The molecule has 0 bridgehead atoms. The van der Waals surface area contributed by atoms with E-state index in [0.29, 0.717) is 11.5 Å². The first-order valence-electron chi connectivity index (χ1n) is 19.3. The van der Waals surface area contributed by atoms with Gasteiger partial charge in [0, 0.05) is 80.8 Å². The van der Waals surface area contributed by atoms with Crippen LogP contribution in [0.4, 0.5) is 0 Å². The van der Waals surface area contributed by atoms with Crippen molar-refractivity contribution in [3.8, 4) is 11.5 Å². The minimum atomic E-state index is -0.0178. The number of benzene rings is 2. The summed E-state index contributed by atoms with van der Waals surface area (Å²) in [6, 6.07) is 8.35. The molecular formula is C50H78O2Sm2. The van der Waals surface area contributed by atoms with Gasteiger partial charge in [0.1, 0.15) is 11.5 Å². The molecule has 4 rings (SSSR count). The van der Waals surface area contributed by atoms with E-state index in [1.54, 1.807) is 0 Å². The summed E-state index contributed by atoms with van der Waals surface area (Å²) >= 11 is 0. The molecular weight excluding hydrogens is 933 g/mol. The third-order valence-electron chi connectivity index (χ3n) is 11.4. The number of hydrogen-bond donors (Lipinski definition) is 2. The van der Waals surface area contributed by atoms with Crippen molar-refractivity contribution in [1.29, 1.82) is 0 Å². The molecule has 2 aromatic carbocycles. The average molecular weight is 1010 g/mol. The number of hydrogen-bond acceptors (Lipinski definition) is 2. The summed E-state index contributed by atoms with van der Waals surface area (Å²) < 4.78 is 0. The van der Waals surface area contributed by atoms with E-state index in [4.69, 9.17) is 0 Å². The molecule has 2 aliphatic carbocycles. The Morgan fingerprint density at radius 2 is 0.389 bits per heavy atom. The van der Waals surface area contributed by atoms with Gasteiger partial charge in [0.15, 0.2) is 0 Å². The smallest absolute Gasteiger partial charge is 0.123 e. The van der Waals surface area contributed by atoms with Crippen molar-refractivity contribution in [3.63, 3.8) is 0 Å². The maximum absolute atomic E-state index is 10.4. The second-order valence-electron chi connectivity index (χ2n) is 19.7. The zero-order valence-corrected chi connectivity index (χ0v) is 44.3. The third kappa shape index (κ3) is 15.1. The van der Waals surface area contributed by atoms with Crippen LogP contribution in [0.25, 0.3) is 0 Å². The number of rotatable bonds is 0. The van der Waals surface area contributed by atoms with Crippen LogP contribution in [-0.4, -0.2) is 10.2 Å². The molecule has 0 atom stereocenters. The Morgan fingerprint density at radius 1 is 0.278 bits per heavy atom. The molecule has 0 spiro atoms. The van der Waals surface area contributed by atoms with Gasteiger partial charge < -0.3 is 10.2 Å². The van der Waals surface area contributed by atoms with Gasteiger partial charge in [-0.2, -0.15) is 0 Å². The molecule has 0 heterocycles. The van der Waals surface area contributed by atoms with Crippen molar-refractivity contribution in [3.05, 3.63) is 117 Å². The maximum atomic E-state index is 10.4. The summed E-state index contributed by atoms with van der Waals surface area (Å²) in [5.74, 6) is 15.6. The van der Waals surface area contributed by atoms with Crippen molar-refractivity contribution < 1.29 is 91.0 Å². The molecule has 2 aromatic rings. The van der Waals surface area contributed by atoms with Crippen LogP contribution < -0.4 is 0 Å². The van der Waals surface area contributed by atoms with Crippen molar-refractivity contribution >= 4 is 0 Å². The Labute approximate surface area is 402 Å². The van der Waals surface area contributed by atoms with Crippen molar-refractivity contribution in [2.75, 3.05) is 0 Å². The Bertz CT molecular complexity index is 1160. The summed E-state index contributed by atoms with van der Waals surface area (Å²) in [5, 5.41) is 20.8. The quantitative estimate of drug-likeness (QED) is 0.276. The monoisotopic (exact) mass is 1010 g/mol. The Hall–Kier alpha value is 0.715. The van der Waals surface area contributed by atoms with Crippen LogP contribution in [-0.2, 0) is 21.7 Å². The van der Waals surface area contributed by atoms with Crippen LogP contribution in [0.2, 0.25) is 0 Å². The Morgan fingerprint density at radius 3 is 0.481 bits per heavy atom. The van der Waals surface area contributed by atoms with E-state index >= 15 is 0 Å². The zero-order chi connectivity index (χ0) is 41.2. The Kier molecular flexibility index (Phi) is 23.0. The van der Waals surface area contributed by atoms with Gasteiger partial charge in [-0.1, -0.05) is 188 Å². The number of aryl methyl sites for hydroxylation is 2. The van der Waals surface area contributed by atoms with E-state index in [1.165, 1.54) is 70.3 Å². The number of aromatic hydroxyl groups is 2. The van der Waals surface area contributed by atoms with Crippen LogP contribution in [0.5, 0.6) is 11.5 Å². The largest absolute Gasteiger partial charge is 0.507 e. The zero-order valence-electron chi connectivity index (χ0n) is 39.0. The number of phenolic OH excluding ortho intramolecular Hbond substituents is 2. The molecule has 0 aliphatic heterocycles. The van der Waals surface area contributed by atoms with E-state index in [9.17, 15) is 10.2 Å². The molecule has 0 unspecified atom stereocenters. The molecule has 4 heteroatoms. The normalized spacial score (nSPS) is 18.2. The minimum Gasteiger partial charge on any atom is -0.507 e. The topological polar surface area (TPSA) is 40.5 Å². The molecule has 2 N–H and O–H groups in total. The standard InChI is InChI=1S/2C15H24O.2C10H15.2Sm/c2*1-10-8-11(14(2,3)4)13(16)12(9-10)15(5,6)7;2*1-6-7(2)9(4)10(5)8(6)3;;/h2*8-9,16H,1-7H3;2*1-5H3;;. The van der Waals surface area contributed by atoms with Crippen LogP contribution in [0.3, 0.4) is 0 Å². The van der Waals surface area contributed by atoms with Gasteiger partial charge in [-0.3, -0.25) is 0 Å². The molecule has 0 saturated heterocycles. The predicted molar refractivity (Wildman–Crippen MR) is 230 cm³/mol. The van der Waals surface area contributed by atoms with Gasteiger partial charge in [-0.25, -0.2) is 0 Å². The first kappa shape index (κ1) is 56.8. The fourth-order valence-electron chi connectivity index (χ4n) is 6.66. The van der Waals surface area contributed by atoms with E-state index in [0.717, 1.165) is 22.3 Å². The maximum Gasteiger partial charge on any atom is 0.123 e. The molecule has 54 heavy (non-hydrogen) atoms. The second kappa shape index (κ2) is 21.8.